The summed E-state index contributed by atoms with van der Waals surface area (Å²) in [6.07, 6.45) is 0. The number of nitro benzene ring substituents is 1. The van der Waals surface area contributed by atoms with Crippen LogP contribution < -0.4 is 4.74 Å². The van der Waals surface area contributed by atoms with E-state index < -0.39 is 16.6 Å². The molecule has 0 heterocycles. The summed E-state index contributed by atoms with van der Waals surface area (Å²) in [5.74, 6) is -1.14. The number of nitro groups is 1. The molecule has 0 aliphatic heterocycles. The Hall–Kier alpha value is -2.60. The maximum Gasteiger partial charge on any atom is 0.342 e. The van der Waals surface area contributed by atoms with Gasteiger partial charge < -0.3 is 9.84 Å². The lowest BCUT2D eigenvalue weighted by Crippen LogP contribution is -2.03. The smallest absolute Gasteiger partial charge is 0.342 e. The highest BCUT2D eigenvalue weighted by Crippen LogP contribution is 2.25. The average Bonchev–Trinajstić information content (AvgIpc) is 2.44. The van der Waals surface area contributed by atoms with Gasteiger partial charge in [-0.1, -0.05) is 23.7 Å². The number of hydrogen-bond acceptors (Lipinski definition) is 4. The largest absolute Gasteiger partial charge is 0.489 e. The molecule has 108 valence electrons. The molecule has 6 nitrogen and oxygen atoms in total. The van der Waals surface area contributed by atoms with Crippen molar-refractivity contribution in [1.29, 1.82) is 0 Å². The van der Waals surface area contributed by atoms with Gasteiger partial charge in [0.1, 0.15) is 17.9 Å². The Morgan fingerprint density at radius 2 is 2.05 bits per heavy atom. The number of rotatable bonds is 5. The van der Waals surface area contributed by atoms with Crippen molar-refractivity contribution < 1.29 is 19.6 Å². The zero-order chi connectivity index (χ0) is 15.4. The molecule has 2 rings (SSSR count). The van der Waals surface area contributed by atoms with E-state index in [0.717, 1.165) is 17.7 Å². The SMILES string of the molecule is O=C(O)c1ccc(OCc2cccc(Cl)c2)cc1[N+](=O)[O-]. The summed E-state index contributed by atoms with van der Waals surface area (Å²) >= 11 is 5.84. The highest BCUT2D eigenvalue weighted by molar-refractivity contribution is 6.30. The first-order valence-corrected chi connectivity index (χ1v) is 6.24. The molecule has 2 aromatic rings. The van der Waals surface area contributed by atoms with Crippen molar-refractivity contribution in [2.75, 3.05) is 0 Å². The molecule has 1 N–H and O–H groups in total. The molecule has 0 aliphatic carbocycles. The van der Waals surface area contributed by atoms with Crippen LogP contribution in [0.15, 0.2) is 42.5 Å². The molecule has 0 atom stereocenters. The van der Waals surface area contributed by atoms with Gasteiger partial charge in [0, 0.05) is 5.02 Å². The van der Waals surface area contributed by atoms with Crippen molar-refractivity contribution in [3.8, 4) is 5.75 Å². The first-order valence-electron chi connectivity index (χ1n) is 5.86. The summed E-state index contributed by atoms with van der Waals surface area (Å²) in [6, 6.07) is 10.6. The molecule has 21 heavy (non-hydrogen) atoms. The Bertz CT molecular complexity index is 702. The summed E-state index contributed by atoms with van der Waals surface area (Å²) in [5.41, 5.74) is -0.0892. The molecular formula is C14H10ClNO5. The lowest BCUT2D eigenvalue weighted by Gasteiger charge is -2.07. The molecule has 0 fully saturated rings. The normalized spacial score (nSPS) is 10.1. The van der Waals surface area contributed by atoms with Crippen molar-refractivity contribution in [1.82, 2.24) is 0 Å². The summed E-state index contributed by atoms with van der Waals surface area (Å²) in [6.45, 7) is 0.171. The Labute approximate surface area is 124 Å². The van der Waals surface area contributed by atoms with Crippen LogP contribution in [0.25, 0.3) is 0 Å². The fourth-order valence-corrected chi connectivity index (χ4v) is 1.94. The van der Waals surface area contributed by atoms with Gasteiger partial charge >= 0.3 is 5.97 Å². The van der Waals surface area contributed by atoms with Crippen molar-refractivity contribution in [2.45, 2.75) is 6.61 Å². The summed E-state index contributed by atoms with van der Waals surface area (Å²) < 4.78 is 5.42. The quantitative estimate of drug-likeness (QED) is 0.674. The summed E-state index contributed by atoms with van der Waals surface area (Å²) in [4.78, 5) is 21.0. The number of nitrogens with zero attached hydrogens (tertiary/aromatic N) is 1. The van der Waals surface area contributed by atoms with E-state index in [0.29, 0.717) is 5.02 Å². The standard InChI is InChI=1S/C14H10ClNO5/c15-10-3-1-2-9(6-10)8-21-11-4-5-12(14(17)18)13(7-11)16(19)20/h1-7H,8H2,(H,17,18). The Morgan fingerprint density at radius 3 is 2.67 bits per heavy atom. The van der Waals surface area contributed by atoms with Gasteiger partial charge in [-0.3, -0.25) is 10.1 Å². The number of carboxylic acid groups (broad SMARTS) is 1. The van der Waals surface area contributed by atoms with Gasteiger partial charge in [-0.2, -0.15) is 0 Å². The maximum atomic E-state index is 10.9. The number of benzene rings is 2. The molecule has 0 aliphatic rings. The third kappa shape index (κ3) is 3.70. The van der Waals surface area contributed by atoms with Crippen LogP contribution in [0.4, 0.5) is 5.69 Å². The molecule has 0 bridgehead atoms. The van der Waals surface area contributed by atoms with E-state index in [1.54, 1.807) is 24.3 Å². The monoisotopic (exact) mass is 307 g/mol. The van der Waals surface area contributed by atoms with Gasteiger partial charge in [-0.15, -0.1) is 0 Å². The minimum Gasteiger partial charge on any atom is -0.489 e. The van der Waals surface area contributed by atoms with Gasteiger partial charge in [0.25, 0.3) is 5.69 Å². The molecule has 0 spiro atoms. The Morgan fingerprint density at radius 1 is 1.29 bits per heavy atom. The first-order chi connectivity index (χ1) is 9.97. The molecule has 0 saturated heterocycles. The van der Waals surface area contributed by atoms with Crippen LogP contribution in [0, 0.1) is 10.1 Å². The average molecular weight is 308 g/mol. The van der Waals surface area contributed by atoms with Gasteiger partial charge in [0.05, 0.1) is 11.0 Å². The highest BCUT2D eigenvalue weighted by atomic mass is 35.5. The number of carbonyl (C=O) groups is 1. The number of carboxylic acids is 1. The van der Waals surface area contributed by atoms with E-state index in [1.807, 2.05) is 0 Å². The second-order valence-electron chi connectivity index (χ2n) is 4.16. The van der Waals surface area contributed by atoms with E-state index in [2.05, 4.69) is 0 Å². The van der Waals surface area contributed by atoms with Gasteiger partial charge in [0.15, 0.2) is 0 Å². The van der Waals surface area contributed by atoms with Crippen LogP contribution in [0.1, 0.15) is 15.9 Å². The van der Waals surface area contributed by atoms with Crippen molar-refractivity contribution in [2.24, 2.45) is 0 Å². The maximum absolute atomic E-state index is 10.9. The van der Waals surface area contributed by atoms with Crippen LogP contribution >= 0.6 is 11.6 Å². The number of halogens is 1. The Kier molecular flexibility index (Phi) is 4.39. The number of aromatic carboxylic acids is 1. The van der Waals surface area contributed by atoms with E-state index in [4.69, 9.17) is 21.4 Å². The molecule has 0 amide bonds. The minimum atomic E-state index is -1.36. The van der Waals surface area contributed by atoms with Crippen molar-refractivity contribution in [3.05, 3.63) is 68.7 Å². The molecule has 0 saturated carbocycles. The number of ether oxygens (including phenoxy) is 1. The summed E-state index contributed by atoms with van der Waals surface area (Å²) in [7, 11) is 0. The molecule has 2 aromatic carbocycles. The van der Waals surface area contributed by atoms with Gasteiger partial charge in [-0.25, -0.2) is 4.79 Å². The minimum absolute atomic E-state index is 0.171. The molecular weight excluding hydrogens is 298 g/mol. The molecule has 0 radical (unpaired) electrons. The van der Waals surface area contributed by atoms with Crippen LogP contribution in [-0.2, 0) is 6.61 Å². The topological polar surface area (TPSA) is 89.7 Å². The van der Waals surface area contributed by atoms with E-state index in [-0.39, 0.29) is 17.9 Å². The fraction of sp³-hybridized carbons (Fsp3) is 0.0714. The van der Waals surface area contributed by atoms with Gasteiger partial charge in [-0.05, 0) is 29.8 Å². The number of hydrogen-bond donors (Lipinski definition) is 1. The zero-order valence-electron chi connectivity index (χ0n) is 10.7. The van der Waals surface area contributed by atoms with Crippen LogP contribution in [0.2, 0.25) is 5.02 Å². The second kappa shape index (κ2) is 6.23. The van der Waals surface area contributed by atoms with Crippen molar-refractivity contribution >= 4 is 23.3 Å². The van der Waals surface area contributed by atoms with Crippen molar-refractivity contribution in [3.63, 3.8) is 0 Å². The van der Waals surface area contributed by atoms with E-state index >= 15 is 0 Å². The van der Waals surface area contributed by atoms with Gasteiger partial charge in [0.2, 0.25) is 0 Å². The van der Waals surface area contributed by atoms with Crippen LogP contribution in [0.3, 0.4) is 0 Å². The second-order valence-corrected chi connectivity index (χ2v) is 4.60. The third-order valence-electron chi connectivity index (χ3n) is 2.69. The third-order valence-corrected chi connectivity index (χ3v) is 2.93. The summed E-state index contributed by atoms with van der Waals surface area (Å²) in [5, 5.41) is 20.3. The molecule has 0 aromatic heterocycles. The first kappa shape index (κ1) is 14.8. The van der Waals surface area contributed by atoms with E-state index in [9.17, 15) is 14.9 Å². The highest BCUT2D eigenvalue weighted by Gasteiger charge is 2.20. The predicted octanol–water partition coefficient (Wildman–Crippen LogP) is 3.53. The molecule has 7 heteroatoms. The zero-order valence-corrected chi connectivity index (χ0v) is 11.4. The fourth-order valence-electron chi connectivity index (χ4n) is 1.73. The predicted molar refractivity (Wildman–Crippen MR) is 75.8 cm³/mol. The van der Waals surface area contributed by atoms with E-state index in [1.165, 1.54) is 6.07 Å². The van der Waals surface area contributed by atoms with Crippen LogP contribution in [-0.4, -0.2) is 16.0 Å². The van der Waals surface area contributed by atoms with Crippen LogP contribution in [0.5, 0.6) is 5.75 Å². The molecule has 0 unspecified atom stereocenters. The lowest BCUT2D eigenvalue weighted by atomic mass is 10.1. The Balaban J connectivity index is 2.19. The lowest BCUT2D eigenvalue weighted by molar-refractivity contribution is -0.385.